The van der Waals surface area contributed by atoms with Gasteiger partial charge in [-0.3, -0.25) is 4.79 Å². The van der Waals surface area contributed by atoms with Crippen molar-refractivity contribution in [2.75, 3.05) is 7.11 Å². The average molecular weight is 380 g/mol. The van der Waals surface area contributed by atoms with Crippen LogP contribution in [-0.2, 0) is 0 Å². The van der Waals surface area contributed by atoms with E-state index in [1.165, 1.54) is 5.56 Å². The number of benzene rings is 3. The van der Waals surface area contributed by atoms with E-state index in [4.69, 9.17) is 16.3 Å². The molecule has 1 N–H and O–H groups in total. The molecule has 1 atom stereocenters. The summed E-state index contributed by atoms with van der Waals surface area (Å²) in [6.07, 6.45) is 0. The maximum absolute atomic E-state index is 12.9. The molecule has 0 heterocycles. The molecule has 0 aliphatic carbocycles. The molecule has 0 spiro atoms. The number of amides is 1. The fraction of sp³-hybridized carbons (Fsp3) is 0.174. The lowest BCUT2D eigenvalue weighted by atomic mass is 9.93. The van der Waals surface area contributed by atoms with Crippen molar-refractivity contribution in [2.24, 2.45) is 0 Å². The van der Waals surface area contributed by atoms with E-state index in [0.717, 1.165) is 16.7 Å². The van der Waals surface area contributed by atoms with Crippen LogP contribution in [0.25, 0.3) is 0 Å². The van der Waals surface area contributed by atoms with E-state index in [0.29, 0.717) is 16.3 Å². The quantitative estimate of drug-likeness (QED) is 0.637. The predicted molar refractivity (Wildman–Crippen MR) is 110 cm³/mol. The Morgan fingerprint density at radius 1 is 1.00 bits per heavy atom. The molecule has 0 aromatic heterocycles. The summed E-state index contributed by atoms with van der Waals surface area (Å²) in [5.41, 5.74) is 4.91. The molecular formula is C23H22ClNO2. The molecule has 0 fully saturated rings. The zero-order valence-corrected chi connectivity index (χ0v) is 16.4. The zero-order valence-electron chi connectivity index (χ0n) is 15.6. The number of methoxy groups -OCH3 is 1. The summed E-state index contributed by atoms with van der Waals surface area (Å²) in [5.74, 6) is 0.357. The number of carbonyl (C=O) groups excluding carboxylic acids is 1. The van der Waals surface area contributed by atoms with Crippen LogP contribution in [0.5, 0.6) is 5.75 Å². The van der Waals surface area contributed by atoms with Crippen LogP contribution in [0.1, 0.15) is 38.7 Å². The largest absolute Gasteiger partial charge is 0.495 e. The number of carbonyl (C=O) groups is 1. The van der Waals surface area contributed by atoms with E-state index in [1.807, 2.05) is 30.3 Å². The highest BCUT2D eigenvalue weighted by Gasteiger charge is 2.20. The van der Waals surface area contributed by atoms with Crippen molar-refractivity contribution in [2.45, 2.75) is 19.9 Å². The monoisotopic (exact) mass is 379 g/mol. The summed E-state index contributed by atoms with van der Waals surface area (Å²) in [6.45, 7) is 4.13. The van der Waals surface area contributed by atoms with E-state index < -0.39 is 0 Å². The summed E-state index contributed by atoms with van der Waals surface area (Å²) < 4.78 is 5.16. The molecule has 27 heavy (non-hydrogen) atoms. The second kappa shape index (κ2) is 8.28. The topological polar surface area (TPSA) is 38.3 Å². The van der Waals surface area contributed by atoms with Gasteiger partial charge >= 0.3 is 0 Å². The molecule has 0 bridgehead atoms. The number of halogens is 1. The van der Waals surface area contributed by atoms with Gasteiger partial charge in [0, 0.05) is 5.56 Å². The molecular weight excluding hydrogens is 358 g/mol. The summed E-state index contributed by atoms with van der Waals surface area (Å²) in [7, 11) is 1.55. The van der Waals surface area contributed by atoms with Crippen molar-refractivity contribution in [1.29, 1.82) is 0 Å². The highest BCUT2D eigenvalue weighted by molar-refractivity contribution is 6.32. The Morgan fingerprint density at radius 2 is 1.74 bits per heavy atom. The van der Waals surface area contributed by atoms with Crippen LogP contribution < -0.4 is 10.1 Å². The molecule has 0 saturated heterocycles. The van der Waals surface area contributed by atoms with Crippen LogP contribution in [0.3, 0.4) is 0 Å². The van der Waals surface area contributed by atoms with Gasteiger partial charge in [-0.15, -0.1) is 0 Å². The predicted octanol–water partition coefficient (Wildman–Crippen LogP) is 5.48. The van der Waals surface area contributed by atoms with Crippen molar-refractivity contribution in [3.8, 4) is 5.75 Å². The molecule has 3 nitrogen and oxygen atoms in total. The minimum atomic E-state index is -0.250. The lowest BCUT2D eigenvalue weighted by molar-refractivity contribution is 0.0943. The third-order valence-electron chi connectivity index (χ3n) is 4.56. The number of nitrogens with one attached hydrogen (secondary N) is 1. The molecule has 3 rings (SSSR count). The van der Waals surface area contributed by atoms with Gasteiger partial charge in [0.25, 0.3) is 5.91 Å². The van der Waals surface area contributed by atoms with Gasteiger partial charge in [-0.2, -0.15) is 0 Å². The lowest BCUT2D eigenvalue weighted by Gasteiger charge is -2.22. The van der Waals surface area contributed by atoms with Crippen LogP contribution in [0.4, 0.5) is 0 Å². The number of aryl methyl sites for hydroxylation is 2. The van der Waals surface area contributed by atoms with Crippen molar-refractivity contribution in [3.05, 3.63) is 99.6 Å². The minimum absolute atomic E-state index is 0.187. The summed E-state index contributed by atoms with van der Waals surface area (Å²) in [5, 5.41) is 3.56. The Morgan fingerprint density at radius 3 is 2.37 bits per heavy atom. The maximum Gasteiger partial charge on any atom is 0.252 e. The van der Waals surface area contributed by atoms with Gasteiger partial charge in [0.1, 0.15) is 5.75 Å². The first kappa shape index (κ1) is 19.0. The molecule has 0 aliphatic rings. The Hall–Kier alpha value is -2.78. The number of ether oxygens (including phenoxy) is 1. The Labute approximate surface area is 164 Å². The second-order valence-electron chi connectivity index (χ2n) is 6.53. The molecule has 0 radical (unpaired) electrons. The standard InChI is InChI=1S/C23H22ClNO2/c1-15-9-11-19(16(2)13-15)22(17-7-5-4-6-8-17)25-23(26)18-10-12-21(27-3)20(24)14-18/h4-14,22H,1-3H3,(H,25,26)/t22-/m0/s1. The number of hydrogen-bond acceptors (Lipinski definition) is 2. The van der Waals surface area contributed by atoms with Gasteiger partial charge in [-0.25, -0.2) is 0 Å². The molecule has 0 aliphatic heterocycles. The molecule has 3 aromatic carbocycles. The van der Waals surface area contributed by atoms with E-state index >= 15 is 0 Å². The van der Waals surface area contributed by atoms with E-state index in [9.17, 15) is 4.79 Å². The molecule has 1 amide bonds. The van der Waals surface area contributed by atoms with Gasteiger partial charge in [-0.1, -0.05) is 65.7 Å². The second-order valence-corrected chi connectivity index (χ2v) is 6.93. The van der Waals surface area contributed by atoms with Crippen molar-refractivity contribution in [1.82, 2.24) is 5.32 Å². The van der Waals surface area contributed by atoms with Crippen molar-refractivity contribution in [3.63, 3.8) is 0 Å². The van der Waals surface area contributed by atoms with Gasteiger partial charge in [0.2, 0.25) is 0 Å². The third kappa shape index (κ3) is 4.32. The zero-order chi connectivity index (χ0) is 19.4. The minimum Gasteiger partial charge on any atom is -0.495 e. The van der Waals surface area contributed by atoms with Crippen LogP contribution >= 0.6 is 11.6 Å². The summed E-state index contributed by atoms with van der Waals surface area (Å²) >= 11 is 6.18. The van der Waals surface area contributed by atoms with Crippen molar-refractivity contribution < 1.29 is 9.53 Å². The Kier molecular flexibility index (Phi) is 5.82. The van der Waals surface area contributed by atoms with Gasteiger partial charge in [-0.05, 0) is 48.7 Å². The van der Waals surface area contributed by atoms with Crippen LogP contribution in [0.2, 0.25) is 5.02 Å². The lowest BCUT2D eigenvalue weighted by Crippen LogP contribution is -2.29. The van der Waals surface area contributed by atoms with E-state index in [2.05, 4.69) is 37.4 Å². The third-order valence-corrected chi connectivity index (χ3v) is 4.85. The van der Waals surface area contributed by atoms with Gasteiger partial charge in [0.15, 0.2) is 0 Å². The molecule has 3 aromatic rings. The highest BCUT2D eigenvalue weighted by Crippen LogP contribution is 2.28. The SMILES string of the molecule is COc1ccc(C(=O)N[C@@H](c2ccccc2)c2ccc(C)cc2C)cc1Cl. The Balaban J connectivity index is 1.96. The normalized spacial score (nSPS) is 11.7. The maximum atomic E-state index is 12.9. The first-order valence-electron chi connectivity index (χ1n) is 8.76. The summed E-state index contributed by atoms with van der Waals surface area (Å²) in [4.78, 5) is 12.9. The average Bonchev–Trinajstić information content (AvgIpc) is 2.67. The van der Waals surface area contributed by atoms with Crippen LogP contribution in [0.15, 0.2) is 66.7 Å². The van der Waals surface area contributed by atoms with E-state index in [-0.39, 0.29) is 11.9 Å². The fourth-order valence-electron chi connectivity index (χ4n) is 3.16. The van der Waals surface area contributed by atoms with Gasteiger partial charge in [0.05, 0.1) is 18.2 Å². The smallest absolute Gasteiger partial charge is 0.252 e. The first-order chi connectivity index (χ1) is 13.0. The fourth-order valence-corrected chi connectivity index (χ4v) is 3.42. The first-order valence-corrected chi connectivity index (χ1v) is 9.14. The summed E-state index contributed by atoms with van der Waals surface area (Å²) in [6, 6.07) is 21.0. The highest BCUT2D eigenvalue weighted by atomic mass is 35.5. The molecule has 0 unspecified atom stereocenters. The van der Waals surface area contributed by atoms with Gasteiger partial charge < -0.3 is 10.1 Å². The molecule has 0 saturated carbocycles. The van der Waals surface area contributed by atoms with Crippen LogP contribution in [0, 0.1) is 13.8 Å². The van der Waals surface area contributed by atoms with Crippen molar-refractivity contribution >= 4 is 17.5 Å². The van der Waals surface area contributed by atoms with E-state index in [1.54, 1.807) is 25.3 Å². The Bertz CT molecular complexity index is 954. The number of hydrogen-bond donors (Lipinski definition) is 1. The molecule has 4 heteroatoms. The molecule has 138 valence electrons. The van der Waals surface area contributed by atoms with Crippen LogP contribution in [-0.4, -0.2) is 13.0 Å². The number of rotatable bonds is 5.